The Hall–Kier alpha value is -2.96. The molecule has 0 saturated carbocycles. The minimum atomic E-state index is -2.93. The first-order valence-electron chi connectivity index (χ1n) is 7.14. The third kappa shape index (κ3) is 3.19. The molecule has 0 radical (unpaired) electrons. The van der Waals surface area contributed by atoms with Crippen LogP contribution in [0.4, 0.5) is 8.78 Å². The molecule has 0 N–H and O–H groups in total. The van der Waals surface area contributed by atoms with E-state index in [0.29, 0.717) is 16.5 Å². The number of benzene rings is 2. The average molecular weight is 332 g/mol. The van der Waals surface area contributed by atoms with Crippen LogP contribution in [0.1, 0.15) is 5.56 Å². The van der Waals surface area contributed by atoms with Crippen molar-refractivity contribution in [2.75, 3.05) is 7.11 Å². The van der Waals surface area contributed by atoms with Crippen LogP contribution in [0.2, 0.25) is 0 Å². The molecular weight excluding hydrogens is 318 g/mol. The molecule has 5 nitrogen and oxygen atoms in total. The second-order valence-electron chi connectivity index (χ2n) is 5.06. The molecule has 0 spiro atoms. The molecule has 1 heterocycles. The zero-order valence-corrected chi connectivity index (χ0v) is 12.8. The van der Waals surface area contributed by atoms with Crippen LogP contribution in [0.5, 0.6) is 11.5 Å². The lowest BCUT2D eigenvalue weighted by Crippen LogP contribution is -2.21. The first kappa shape index (κ1) is 15.9. The van der Waals surface area contributed by atoms with E-state index in [1.165, 1.54) is 24.1 Å². The number of aromatic nitrogens is 2. The number of ether oxygens (including phenoxy) is 2. The Labute approximate surface area is 136 Å². The van der Waals surface area contributed by atoms with Gasteiger partial charge in [0.1, 0.15) is 0 Å². The fourth-order valence-corrected chi connectivity index (χ4v) is 2.42. The van der Waals surface area contributed by atoms with E-state index in [2.05, 4.69) is 9.72 Å². The maximum absolute atomic E-state index is 12.5. The van der Waals surface area contributed by atoms with Gasteiger partial charge in [-0.1, -0.05) is 18.2 Å². The van der Waals surface area contributed by atoms with Gasteiger partial charge in [-0.2, -0.15) is 8.78 Å². The molecule has 0 bridgehead atoms. The molecule has 0 atom stereocenters. The normalized spacial score (nSPS) is 11.0. The molecule has 2 aromatic carbocycles. The number of halogens is 2. The second-order valence-corrected chi connectivity index (χ2v) is 5.06. The summed E-state index contributed by atoms with van der Waals surface area (Å²) < 4.78 is 35.6. The highest BCUT2D eigenvalue weighted by atomic mass is 19.3. The van der Waals surface area contributed by atoms with Crippen molar-refractivity contribution in [3.63, 3.8) is 0 Å². The van der Waals surface area contributed by atoms with Crippen molar-refractivity contribution in [1.29, 1.82) is 0 Å². The zero-order valence-electron chi connectivity index (χ0n) is 12.8. The van der Waals surface area contributed by atoms with E-state index >= 15 is 0 Å². The highest BCUT2D eigenvalue weighted by Gasteiger charge is 2.12. The Morgan fingerprint density at radius 3 is 2.71 bits per heavy atom. The first-order chi connectivity index (χ1) is 11.6. The molecule has 0 fully saturated rings. The largest absolute Gasteiger partial charge is 0.493 e. The van der Waals surface area contributed by atoms with Crippen molar-refractivity contribution in [3.8, 4) is 11.5 Å². The van der Waals surface area contributed by atoms with E-state index in [4.69, 9.17) is 4.74 Å². The van der Waals surface area contributed by atoms with Gasteiger partial charge in [0.05, 0.1) is 30.9 Å². The topological polar surface area (TPSA) is 53.4 Å². The van der Waals surface area contributed by atoms with Gasteiger partial charge in [0, 0.05) is 0 Å². The smallest absolute Gasteiger partial charge is 0.387 e. The number of nitrogens with zero attached hydrogens (tertiary/aromatic N) is 2. The van der Waals surface area contributed by atoms with Gasteiger partial charge >= 0.3 is 6.61 Å². The van der Waals surface area contributed by atoms with Gasteiger partial charge in [-0.05, 0) is 29.8 Å². The molecule has 24 heavy (non-hydrogen) atoms. The van der Waals surface area contributed by atoms with Crippen LogP contribution >= 0.6 is 0 Å². The van der Waals surface area contributed by atoms with Crippen LogP contribution in [0.15, 0.2) is 53.6 Å². The fourth-order valence-electron chi connectivity index (χ4n) is 2.42. The Kier molecular flexibility index (Phi) is 4.41. The molecule has 0 amide bonds. The minimum Gasteiger partial charge on any atom is -0.493 e. The molecule has 3 aromatic rings. The van der Waals surface area contributed by atoms with Crippen LogP contribution in [-0.4, -0.2) is 23.3 Å². The van der Waals surface area contributed by atoms with E-state index < -0.39 is 6.61 Å². The summed E-state index contributed by atoms with van der Waals surface area (Å²) in [4.78, 5) is 16.7. The maximum Gasteiger partial charge on any atom is 0.387 e. The van der Waals surface area contributed by atoms with Crippen molar-refractivity contribution in [2.24, 2.45) is 0 Å². The fraction of sp³-hybridized carbons (Fsp3) is 0.176. The number of rotatable bonds is 5. The monoisotopic (exact) mass is 332 g/mol. The van der Waals surface area contributed by atoms with Crippen molar-refractivity contribution >= 4 is 10.9 Å². The summed E-state index contributed by atoms with van der Waals surface area (Å²) in [6.45, 7) is -2.70. The predicted molar refractivity (Wildman–Crippen MR) is 84.7 cm³/mol. The van der Waals surface area contributed by atoms with Gasteiger partial charge in [0.15, 0.2) is 11.5 Å². The number of hydrogen-bond donors (Lipinski definition) is 0. The molecule has 0 aliphatic heterocycles. The third-order valence-electron chi connectivity index (χ3n) is 3.53. The summed E-state index contributed by atoms with van der Waals surface area (Å²) in [5.41, 5.74) is 1.15. The van der Waals surface area contributed by atoms with Gasteiger partial charge in [-0.15, -0.1) is 0 Å². The summed E-state index contributed by atoms with van der Waals surface area (Å²) in [5.74, 6) is 0.120. The predicted octanol–water partition coefficient (Wildman–Crippen LogP) is 3.05. The highest BCUT2D eigenvalue weighted by Crippen LogP contribution is 2.29. The number of para-hydroxylation sites is 1. The number of alkyl halides is 2. The number of methoxy groups -OCH3 is 1. The lowest BCUT2D eigenvalue weighted by molar-refractivity contribution is -0.0512. The molecule has 0 aliphatic rings. The quantitative estimate of drug-likeness (QED) is 0.721. The summed E-state index contributed by atoms with van der Waals surface area (Å²) in [7, 11) is 1.36. The van der Waals surface area contributed by atoms with E-state index in [1.54, 1.807) is 30.3 Å². The number of hydrogen-bond acceptors (Lipinski definition) is 4. The highest BCUT2D eigenvalue weighted by molar-refractivity contribution is 5.76. The van der Waals surface area contributed by atoms with Crippen LogP contribution in [0.3, 0.4) is 0 Å². The molecule has 0 aliphatic carbocycles. The first-order valence-corrected chi connectivity index (χ1v) is 7.14. The maximum atomic E-state index is 12.5. The average Bonchev–Trinajstić information content (AvgIpc) is 2.58. The molecule has 0 unspecified atom stereocenters. The Bertz CT molecular complexity index is 925. The third-order valence-corrected chi connectivity index (χ3v) is 3.53. The van der Waals surface area contributed by atoms with E-state index in [1.807, 2.05) is 6.07 Å². The second kappa shape index (κ2) is 6.66. The van der Waals surface area contributed by atoms with Crippen LogP contribution in [-0.2, 0) is 6.54 Å². The molecule has 0 saturated heterocycles. The van der Waals surface area contributed by atoms with E-state index in [9.17, 15) is 13.6 Å². The van der Waals surface area contributed by atoms with Crippen LogP contribution in [0, 0.1) is 0 Å². The van der Waals surface area contributed by atoms with Crippen LogP contribution < -0.4 is 15.0 Å². The van der Waals surface area contributed by atoms with Gasteiger partial charge in [-0.25, -0.2) is 4.98 Å². The zero-order chi connectivity index (χ0) is 17.1. The van der Waals surface area contributed by atoms with Crippen molar-refractivity contribution in [3.05, 3.63) is 64.7 Å². The Balaban J connectivity index is 1.94. The summed E-state index contributed by atoms with van der Waals surface area (Å²) >= 11 is 0. The van der Waals surface area contributed by atoms with Crippen molar-refractivity contribution in [2.45, 2.75) is 13.2 Å². The Morgan fingerprint density at radius 2 is 1.96 bits per heavy atom. The van der Waals surface area contributed by atoms with Gasteiger partial charge < -0.3 is 9.47 Å². The van der Waals surface area contributed by atoms with Crippen molar-refractivity contribution < 1.29 is 18.3 Å². The molecule has 1 aromatic heterocycles. The summed E-state index contributed by atoms with van der Waals surface area (Å²) in [6, 6.07) is 11.6. The number of fused-ring (bicyclic) bond motifs is 1. The summed E-state index contributed by atoms with van der Waals surface area (Å²) in [5, 5.41) is 0.518. The standard InChI is InChI=1S/C17H14F2N2O3/c1-23-15-8-11(6-7-14(15)24-17(18)19)9-21-10-20-13-5-3-2-4-12(13)16(21)22/h2-8,10,17H,9H2,1H3. The van der Waals surface area contributed by atoms with Gasteiger partial charge in [0.25, 0.3) is 5.56 Å². The SMILES string of the molecule is COc1cc(Cn2cnc3ccccc3c2=O)ccc1OC(F)F. The molecule has 3 rings (SSSR count). The summed E-state index contributed by atoms with van der Waals surface area (Å²) in [6.07, 6.45) is 1.46. The molecule has 7 heteroatoms. The van der Waals surface area contributed by atoms with Gasteiger partial charge in [0.2, 0.25) is 0 Å². The lowest BCUT2D eigenvalue weighted by atomic mass is 10.2. The van der Waals surface area contributed by atoms with Crippen molar-refractivity contribution in [1.82, 2.24) is 9.55 Å². The molecular formula is C17H14F2N2O3. The van der Waals surface area contributed by atoms with Crippen LogP contribution in [0.25, 0.3) is 10.9 Å². The Morgan fingerprint density at radius 1 is 1.17 bits per heavy atom. The van der Waals surface area contributed by atoms with E-state index in [0.717, 1.165) is 0 Å². The lowest BCUT2D eigenvalue weighted by Gasteiger charge is -2.12. The molecule has 124 valence electrons. The van der Waals surface area contributed by atoms with Gasteiger partial charge in [-0.3, -0.25) is 9.36 Å². The van der Waals surface area contributed by atoms with E-state index in [-0.39, 0.29) is 23.6 Å². The minimum absolute atomic E-state index is 0.0553.